The molecule has 0 aliphatic heterocycles. The second-order valence-corrected chi connectivity index (χ2v) is 4.81. The molecule has 0 amide bonds. The maximum Gasteiger partial charge on any atom is 0.356 e. The number of aromatic nitrogens is 1. The molecule has 0 aliphatic rings. The summed E-state index contributed by atoms with van der Waals surface area (Å²) in [4.78, 5) is 14.9. The molecule has 0 radical (unpaired) electrons. The predicted octanol–water partition coefficient (Wildman–Crippen LogP) is 3.10. The topological polar surface area (TPSA) is 76.2 Å². The van der Waals surface area contributed by atoms with Gasteiger partial charge in [0.15, 0.2) is 5.69 Å². The zero-order valence-corrected chi connectivity index (χ0v) is 11.2. The van der Waals surface area contributed by atoms with Gasteiger partial charge in [-0.3, -0.25) is 0 Å². The van der Waals surface area contributed by atoms with Gasteiger partial charge in [-0.2, -0.15) is 0 Å². The van der Waals surface area contributed by atoms with E-state index in [9.17, 15) is 4.79 Å². The fourth-order valence-corrected chi connectivity index (χ4v) is 2.06. The van der Waals surface area contributed by atoms with E-state index in [1.807, 2.05) is 31.2 Å². The molecule has 18 heavy (non-hydrogen) atoms. The number of aromatic carboxylic acids is 1. The number of halogens is 1. The van der Waals surface area contributed by atoms with Gasteiger partial charge < -0.3 is 10.8 Å². The fourth-order valence-electron chi connectivity index (χ4n) is 1.80. The first-order chi connectivity index (χ1) is 8.50. The summed E-state index contributed by atoms with van der Waals surface area (Å²) in [6, 6.07) is 7.53. The lowest BCUT2D eigenvalue weighted by Gasteiger charge is -2.11. The Morgan fingerprint density at radius 1 is 1.33 bits per heavy atom. The summed E-state index contributed by atoms with van der Waals surface area (Å²) in [7, 11) is 0. The van der Waals surface area contributed by atoms with Crippen LogP contribution in [0.2, 0.25) is 0 Å². The fraction of sp³-hybridized carbons (Fsp3) is 0.0769. The molecule has 1 aromatic heterocycles. The van der Waals surface area contributed by atoms with Crippen LogP contribution in [0.4, 0.5) is 5.69 Å². The number of pyridine rings is 1. The average Bonchev–Trinajstić information content (AvgIpc) is 2.31. The number of nitrogens with two attached hydrogens (primary N) is 1. The second kappa shape index (κ2) is 4.78. The number of hydrogen-bond acceptors (Lipinski definition) is 3. The highest BCUT2D eigenvalue weighted by atomic mass is 79.9. The van der Waals surface area contributed by atoms with E-state index in [2.05, 4.69) is 20.9 Å². The first kappa shape index (κ1) is 12.6. The van der Waals surface area contributed by atoms with E-state index in [1.165, 1.54) is 6.20 Å². The monoisotopic (exact) mass is 306 g/mol. The number of anilines is 1. The van der Waals surface area contributed by atoms with Gasteiger partial charge in [-0.1, -0.05) is 28.1 Å². The molecule has 0 unspecified atom stereocenters. The van der Waals surface area contributed by atoms with Gasteiger partial charge in [-0.05, 0) is 30.2 Å². The number of nitrogens with zero attached hydrogens (tertiary/aromatic N) is 1. The van der Waals surface area contributed by atoms with Crippen LogP contribution in [0.15, 0.2) is 34.9 Å². The third kappa shape index (κ3) is 2.22. The number of rotatable bonds is 2. The highest BCUT2D eigenvalue weighted by molar-refractivity contribution is 9.10. The SMILES string of the molecule is Cc1cnc(C(=O)O)c(N)c1-c1ccc(Br)cc1. The van der Waals surface area contributed by atoms with Crippen LogP contribution in [0.25, 0.3) is 11.1 Å². The summed E-state index contributed by atoms with van der Waals surface area (Å²) >= 11 is 3.36. The van der Waals surface area contributed by atoms with Crippen molar-refractivity contribution in [3.63, 3.8) is 0 Å². The molecule has 2 aromatic rings. The van der Waals surface area contributed by atoms with Gasteiger partial charge in [-0.15, -0.1) is 0 Å². The standard InChI is InChI=1S/C13H11BrN2O2/c1-7-6-16-12(13(17)18)11(15)10(7)8-2-4-9(14)5-3-8/h2-6H,15H2,1H3,(H,17,18). The van der Waals surface area contributed by atoms with Gasteiger partial charge in [0.2, 0.25) is 0 Å². The Hall–Kier alpha value is -1.88. The van der Waals surface area contributed by atoms with E-state index in [0.29, 0.717) is 0 Å². The van der Waals surface area contributed by atoms with Crippen molar-refractivity contribution in [2.24, 2.45) is 0 Å². The van der Waals surface area contributed by atoms with E-state index in [1.54, 1.807) is 0 Å². The van der Waals surface area contributed by atoms with E-state index in [4.69, 9.17) is 10.8 Å². The molecule has 4 nitrogen and oxygen atoms in total. The number of carboxylic acids is 1. The maximum absolute atomic E-state index is 11.0. The van der Waals surface area contributed by atoms with E-state index in [-0.39, 0.29) is 11.4 Å². The van der Waals surface area contributed by atoms with Crippen molar-refractivity contribution in [1.29, 1.82) is 0 Å². The third-order valence-electron chi connectivity index (χ3n) is 2.64. The minimum Gasteiger partial charge on any atom is -0.476 e. The van der Waals surface area contributed by atoms with Gasteiger partial charge in [-0.25, -0.2) is 9.78 Å². The Labute approximate surface area is 113 Å². The number of aryl methyl sites for hydroxylation is 1. The first-order valence-electron chi connectivity index (χ1n) is 5.25. The Kier molecular flexibility index (Phi) is 3.34. The smallest absolute Gasteiger partial charge is 0.356 e. The van der Waals surface area contributed by atoms with Gasteiger partial charge >= 0.3 is 5.97 Å². The van der Waals surface area contributed by atoms with Crippen LogP contribution in [-0.4, -0.2) is 16.1 Å². The van der Waals surface area contributed by atoms with Gasteiger partial charge in [0.25, 0.3) is 0 Å². The Bertz CT molecular complexity index is 609. The molecular formula is C13H11BrN2O2. The lowest BCUT2D eigenvalue weighted by Crippen LogP contribution is -2.08. The molecule has 0 fully saturated rings. The molecule has 3 N–H and O–H groups in total. The van der Waals surface area contributed by atoms with Crippen molar-refractivity contribution >= 4 is 27.6 Å². The maximum atomic E-state index is 11.0. The molecule has 1 aromatic carbocycles. The first-order valence-corrected chi connectivity index (χ1v) is 6.04. The molecule has 0 aliphatic carbocycles. The highest BCUT2D eigenvalue weighted by Gasteiger charge is 2.16. The van der Waals surface area contributed by atoms with Crippen LogP contribution < -0.4 is 5.73 Å². The quantitative estimate of drug-likeness (QED) is 0.894. The van der Waals surface area contributed by atoms with E-state index < -0.39 is 5.97 Å². The molecule has 0 atom stereocenters. The van der Waals surface area contributed by atoms with Crippen molar-refractivity contribution in [2.75, 3.05) is 5.73 Å². The van der Waals surface area contributed by atoms with Crippen molar-refractivity contribution in [1.82, 2.24) is 4.98 Å². The number of nitrogen functional groups attached to an aromatic ring is 1. The van der Waals surface area contributed by atoms with Gasteiger partial charge in [0.05, 0.1) is 5.69 Å². The Morgan fingerprint density at radius 2 is 1.94 bits per heavy atom. The molecular weight excluding hydrogens is 296 g/mol. The van der Waals surface area contributed by atoms with Crippen LogP contribution in [0, 0.1) is 6.92 Å². The molecule has 0 bridgehead atoms. The zero-order valence-electron chi connectivity index (χ0n) is 9.64. The van der Waals surface area contributed by atoms with E-state index in [0.717, 1.165) is 21.2 Å². The van der Waals surface area contributed by atoms with Gasteiger partial charge in [0, 0.05) is 16.2 Å². The lowest BCUT2D eigenvalue weighted by molar-refractivity contribution is 0.0692. The van der Waals surface area contributed by atoms with Crippen molar-refractivity contribution in [2.45, 2.75) is 6.92 Å². The van der Waals surface area contributed by atoms with Crippen molar-refractivity contribution < 1.29 is 9.90 Å². The summed E-state index contributed by atoms with van der Waals surface area (Å²) in [6.45, 7) is 1.85. The van der Waals surface area contributed by atoms with Gasteiger partial charge in [0.1, 0.15) is 0 Å². The minimum absolute atomic E-state index is 0.112. The summed E-state index contributed by atoms with van der Waals surface area (Å²) in [5, 5.41) is 9.02. The Morgan fingerprint density at radius 3 is 2.50 bits per heavy atom. The second-order valence-electron chi connectivity index (χ2n) is 3.89. The number of hydrogen-bond donors (Lipinski definition) is 2. The molecule has 1 heterocycles. The number of carboxylic acid groups (broad SMARTS) is 1. The third-order valence-corrected chi connectivity index (χ3v) is 3.17. The molecule has 5 heteroatoms. The normalized spacial score (nSPS) is 10.3. The van der Waals surface area contributed by atoms with Crippen LogP contribution in [-0.2, 0) is 0 Å². The molecule has 0 spiro atoms. The largest absolute Gasteiger partial charge is 0.476 e. The highest BCUT2D eigenvalue weighted by Crippen LogP contribution is 2.31. The van der Waals surface area contributed by atoms with Crippen LogP contribution in [0.5, 0.6) is 0 Å². The van der Waals surface area contributed by atoms with Crippen molar-refractivity contribution in [3.8, 4) is 11.1 Å². The van der Waals surface area contributed by atoms with Crippen molar-refractivity contribution in [3.05, 3.63) is 46.2 Å². The minimum atomic E-state index is -1.12. The van der Waals surface area contributed by atoms with E-state index >= 15 is 0 Å². The average molecular weight is 307 g/mol. The summed E-state index contributed by atoms with van der Waals surface area (Å²) in [5.74, 6) is -1.12. The Balaban J connectivity index is 2.66. The number of benzene rings is 1. The summed E-state index contributed by atoms with van der Waals surface area (Å²) in [5.41, 5.74) is 8.42. The van der Waals surface area contributed by atoms with Crippen LogP contribution >= 0.6 is 15.9 Å². The molecule has 2 rings (SSSR count). The molecule has 0 saturated carbocycles. The lowest BCUT2D eigenvalue weighted by atomic mass is 9.99. The van der Waals surface area contributed by atoms with Crippen LogP contribution in [0.1, 0.15) is 16.1 Å². The summed E-state index contributed by atoms with van der Waals surface area (Å²) < 4.78 is 0.954. The predicted molar refractivity (Wildman–Crippen MR) is 73.5 cm³/mol. The number of carbonyl (C=O) groups is 1. The van der Waals surface area contributed by atoms with Crippen LogP contribution in [0.3, 0.4) is 0 Å². The zero-order chi connectivity index (χ0) is 13.3. The molecule has 0 saturated heterocycles. The summed E-state index contributed by atoms with van der Waals surface area (Å²) in [6.07, 6.45) is 1.52. The molecule has 92 valence electrons.